The molecule has 2 aliphatic rings. The number of nitrogens with one attached hydrogen (secondary N) is 1. The highest BCUT2D eigenvalue weighted by atomic mass is 16.2. The highest BCUT2D eigenvalue weighted by molar-refractivity contribution is 5.92. The molecule has 3 rings (SSSR count). The van der Waals surface area contributed by atoms with Crippen LogP contribution in [0, 0.1) is 12.8 Å². The Hall–Kier alpha value is -2.31. The highest BCUT2D eigenvalue weighted by Crippen LogP contribution is 2.20. The molecule has 3 amide bonds. The second kappa shape index (κ2) is 7.72. The standard InChI is InChI=1S/C18H27N5O2/c1-14-12-16(20-21(14)2)17(24)23(13-15-6-4-3-5-7-15)11-10-22-9-8-19-18(22)25/h3-4,12,15H,5-11,13H2,1-2H3,(H,19,25)/t15-/m1/s1. The lowest BCUT2D eigenvalue weighted by atomic mass is 9.94. The van der Waals surface area contributed by atoms with Crippen LogP contribution in [0.5, 0.6) is 0 Å². The number of aromatic nitrogens is 2. The zero-order chi connectivity index (χ0) is 17.8. The van der Waals surface area contributed by atoms with Gasteiger partial charge in [-0.15, -0.1) is 0 Å². The molecule has 0 unspecified atom stereocenters. The van der Waals surface area contributed by atoms with Crippen molar-refractivity contribution in [3.63, 3.8) is 0 Å². The van der Waals surface area contributed by atoms with Crippen molar-refractivity contribution in [2.75, 3.05) is 32.7 Å². The van der Waals surface area contributed by atoms with Gasteiger partial charge in [0.2, 0.25) is 0 Å². The third-order valence-corrected chi connectivity index (χ3v) is 5.06. The van der Waals surface area contributed by atoms with E-state index < -0.39 is 0 Å². The Morgan fingerprint density at radius 2 is 2.28 bits per heavy atom. The fourth-order valence-electron chi connectivity index (χ4n) is 3.40. The Balaban J connectivity index is 1.69. The van der Waals surface area contributed by atoms with Gasteiger partial charge in [-0.25, -0.2) is 4.79 Å². The summed E-state index contributed by atoms with van der Waals surface area (Å²) in [6.07, 6.45) is 7.60. The van der Waals surface area contributed by atoms with E-state index in [1.807, 2.05) is 24.9 Å². The number of urea groups is 1. The third-order valence-electron chi connectivity index (χ3n) is 5.06. The van der Waals surface area contributed by atoms with Crippen LogP contribution in [0.25, 0.3) is 0 Å². The van der Waals surface area contributed by atoms with Crippen molar-refractivity contribution < 1.29 is 9.59 Å². The molecule has 25 heavy (non-hydrogen) atoms. The summed E-state index contributed by atoms with van der Waals surface area (Å²) in [4.78, 5) is 28.4. The molecule has 1 N–H and O–H groups in total. The zero-order valence-electron chi connectivity index (χ0n) is 15.1. The van der Waals surface area contributed by atoms with Crippen LogP contribution >= 0.6 is 0 Å². The minimum atomic E-state index is -0.0436. The molecule has 1 fully saturated rings. The van der Waals surface area contributed by atoms with Crippen molar-refractivity contribution in [2.24, 2.45) is 13.0 Å². The molecule has 0 bridgehead atoms. The Morgan fingerprint density at radius 1 is 1.44 bits per heavy atom. The van der Waals surface area contributed by atoms with Crippen molar-refractivity contribution in [3.05, 3.63) is 29.6 Å². The van der Waals surface area contributed by atoms with Gasteiger partial charge in [0.05, 0.1) is 0 Å². The summed E-state index contributed by atoms with van der Waals surface area (Å²) in [6, 6.07) is 1.79. The van der Waals surface area contributed by atoms with Gasteiger partial charge in [0.15, 0.2) is 5.69 Å². The van der Waals surface area contributed by atoms with E-state index in [9.17, 15) is 9.59 Å². The van der Waals surface area contributed by atoms with Crippen molar-refractivity contribution >= 4 is 11.9 Å². The maximum absolute atomic E-state index is 13.0. The summed E-state index contributed by atoms with van der Waals surface area (Å²) in [5, 5.41) is 7.14. The monoisotopic (exact) mass is 345 g/mol. The van der Waals surface area contributed by atoms with Crippen LogP contribution < -0.4 is 5.32 Å². The van der Waals surface area contributed by atoms with E-state index in [0.29, 0.717) is 44.3 Å². The van der Waals surface area contributed by atoms with Gasteiger partial charge < -0.3 is 15.1 Å². The topological polar surface area (TPSA) is 70.5 Å². The number of allylic oxidation sites excluding steroid dienone is 2. The highest BCUT2D eigenvalue weighted by Gasteiger charge is 2.25. The minimum Gasteiger partial charge on any atom is -0.336 e. The summed E-state index contributed by atoms with van der Waals surface area (Å²) in [5.41, 5.74) is 1.44. The lowest BCUT2D eigenvalue weighted by Gasteiger charge is -2.29. The number of carbonyl (C=O) groups is 2. The van der Waals surface area contributed by atoms with Crippen molar-refractivity contribution in [1.29, 1.82) is 0 Å². The van der Waals surface area contributed by atoms with Crippen LogP contribution in [0.3, 0.4) is 0 Å². The minimum absolute atomic E-state index is 0.0401. The van der Waals surface area contributed by atoms with Crippen LogP contribution in [0.4, 0.5) is 4.79 Å². The summed E-state index contributed by atoms with van der Waals surface area (Å²) in [6.45, 7) is 5.15. The average molecular weight is 345 g/mol. The molecule has 1 aromatic heterocycles. The Bertz CT molecular complexity index is 647. The molecule has 7 heteroatoms. The van der Waals surface area contributed by atoms with Gasteiger partial charge in [0.1, 0.15) is 0 Å². The van der Waals surface area contributed by atoms with Gasteiger partial charge in [0, 0.05) is 45.5 Å². The van der Waals surface area contributed by atoms with Crippen LogP contribution in [0.1, 0.15) is 35.4 Å². The smallest absolute Gasteiger partial charge is 0.317 e. The number of aryl methyl sites for hydroxylation is 2. The first-order valence-electron chi connectivity index (χ1n) is 9.02. The molecule has 0 saturated carbocycles. The molecule has 7 nitrogen and oxygen atoms in total. The van der Waals surface area contributed by atoms with E-state index in [-0.39, 0.29) is 11.9 Å². The number of hydrogen-bond donors (Lipinski definition) is 1. The van der Waals surface area contributed by atoms with E-state index in [1.54, 1.807) is 9.58 Å². The Kier molecular flexibility index (Phi) is 5.40. The molecule has 136 valence electrons. The normalized spacial score (nSPS) is 20.0. The summed E-state index contributed by atoms with van der Waals surface area (Å²) in [5.74, 6) is 0.434. The van der Waals surface area contributed by atoms with Gasteiger partial charge in [-0.05, 0) is 38.2 Å². The number of hydrogen-bond acceptors (Lipinski definition) is 3. The van der Waals surface area contributed by atoms with Gasteiger partial charge in [-0.3, -0.25) is 9.48 Å². The van der Waals surface area contributed by atoms with Gasteiger partial charge in [0.25, 0.3) is 5.91 Å². The predicted molar refractivity (Wildman–Crippen MR) is 95.3 cm³/mol. The number of carbonyl (C=O) groups excluding carboxylic acids is 2. The Labute approximate surface area is 148 Å². The average Bonchev–Trinajstić information content (AvgIpc) is 3.17. The van der Waals surface area contributed by atoms with Crippen LogP contribution in [0.15, 0.2) is 18.2 Å². The number of amides is 3. The SMILES string of the molecule is Cc1cc(C(=O)N(CCN2CCNC2=O)C[C@@H]2CC=CCC2)nn1C. The fourth-order valence-corrected chi connectivity index (χ4v) is 3.40. The molecule has 1 aliphatic carbocycles. The Morgan fingerprint density at radius 3 is 2.88 bits per heavy atom. The molecular weight excluding hydrogens is 318 g/mol. The molecule has 1 aromatic rings. The van der Waals surface area contributed by atoms with Gasteiger partial charge >= 0.3 is 6.03 Å². The second-order valence-corrected chi connectivity index (χ2v) is 6.92. The van der Waals surface area contributed by atoms with E-state index in [0.717, 1.165) is 25.0 Å². The van der Waals surface area contributed by atoms with Crippen LogP contribution in [0.2, 0.25) is 0 Å². The first-order chi connectivity index (χ1) is 12.0. The van der Waals surface area contributed by atoms with Gasteiger partial charge in [-0.1, -0.05) is 12.2 Å². The lowest BCUT2D eigenvalue weighted by molar-refractivity contribution is 0.0704. The summed E-state index contributed by atoms with van der Waals surface area (Å²) < 4.78 is 1.72. The zero-order valence-corrected chi connectivity index (χ0v) is 15.1. The van der Waals surface area contributed by atoms with Gasteiger partial charge in [-0.2, -0.15) is 5.10 Å². The third kappa shape index (κ3) is 4.21. The molecule has 0 aromatic carbocycles. The maximum atomic E-state index is 13.0. The maximum Gasteiger partial charge on any atom is 0.317 e. The summed E-state index contributed by atoms with van der Waals surface area (Å²) >= 11 is 0. The quantitative estimate of drug-likeness (QED) is 0.795. The van der Waals surface area contributed by atoms with E-state index in [4.69, 9.17) is 0 Å². The van der Waals surface area contributed by atoms with E-state index in [2.05, 4.69) is 22.6 Å². The number of nitrogens with zero attached hydrogens (tertiary/aromatic N) is 4. The summed E-state index contributed by atoms with van der Waals surface area (Å²) in [7, 11) is 1.84. The second-order valence-electron chi connectivity index (χ2n) is 6.92. The lowest BCUT2D eigenvalue weighted by Crippen LogP contribution is -2.42. The van der Waals surface area contributed by atoms with Crippen LogP contribution in [-0.4, -0.2) is 64.2 Å². The van der Waals surface area contributed by atoms with Crippen molar-refractivity contribution in [1.82, 2.24) is 24.9 Å². The molecule has 0 spiro atoms. The number of rotatable bonds is 6. The molecule has 1 aliphatic heterocycles. The fraction of sp³-hybridized carbons (Fsp3) is 0.611. The largest absolute Gasteiger partial charge is 0.336 e. The van der Waals surface area contributed by atoms with E-state index >= 15 is 0 Å². The van der Waals surface area contributed by atoms with Crippen molar-refractivity contribution in [2.45, 2.75) is 26.2 Å². The van der Waals surface area contributed by atoms with Crippen LogP contribution in [-0.2, 0) is 7.05 Å². The first kappa shape index (κ1) is 17.5. The molecule has 1 saturated heterocycles. The molecule has 1 atom stereocenters. The first-order valence-corrected chi connectivity index (χ1v) is 9.02. The predicted octanol–water partition coefficient (Wildman–Crippen LogP) is 1.55. The van der Waals surface area contributed by atoms with Crippen molar-refractivity contribution in [3.8, 4) is 0 Å². The molecule has 0 radical (unpaired) electrons. The van der Waals surface area contributed by atoms with E-state index in [1.165, 1.54) is 0 Å². The molecule has 2 heterocycles. The molecular formula is C18H27N5O2.